The number of hydrogen-bond donors (Lipinski definition) is 1. The monoisotopic (exact) mass is 251 g/mol. The highest BCUT2D eigenvalue weighted by atomic mass is 35.5. The zero-order valence-electron chi connectivity index (χ0n) is 10.6. The number of benzene rings is 1. The topological polar surface area (TPSA) is 12.0 Å². The van der Waals surface area contributed by atoms with Crippen LogP contribution in [-0.4, -0.2) is 6.54 Å². The van der Waals surface area contributed by atoms with E-state index >= 15 is 0 Å². The molecule has 2 heteroatoms. The maximum absolute atomic E-state index is 5.97. The molecule has 1 aliphatic rings. The third-order valence-electron chi connectivity index (χ3n) is 3.91. The maximum atomic E-state index is 5.97. The van der Waals surface area contributed by atoms with Crippen LogP contribution in [0.1, 0.15) is 38.2 Å². The van der Waals surface area contributed by atoms with E-state index in [1.807, 2.05) is 18.2 Å². The Morgan fingerprint density at radius 1 is 1.29 bits per heavy atom. The lowest BCUT2D eigenvalue weighted by Gasteiger charge is -2.28. The zero-order valence-corrected chi connectivity index (χ0v) is 11.3. The van der Waals surface area contributed by atoms with Crippen LogP contribution in [-0.2, 0) is 6.54 Å². The number of rotatable bonds is 4. The first-order chi connectivity index (χ1) is 8.25. The minimum atomic E-state index is 0.829. The maximum Gasteiger partial charge on any atom is 0.0409 e. The minimum absolute atomic E-state index is 0.829. The summed E-state index contributed by atoms with van der Waals surface area (Å²) < 4.78 is 0. The standard InChI is InChI=1S/C15H22ClN/c1-12-5-2-3-7-14(12)11-17-10-13-6-4-8-15(16)9-13/h4,6,8-9,12,14,17H,2-3,5,7,10-11H2,1H3. The highest BCUT2D eigenvalue weighted by Gasteiger charge is 2.20. The Morgan fingerprint density at radius 3 is 2.88 bits per heavy atom. The predicted octanol–water partition coefficient (Wildman–Crippen LogP) is 4.26. The molecule has 2 unspecified atom stereocenters. The predicted molar refractivity (Wildman–Crippen MR) is 74.3 cm³/mol. The summed E-state index contributed by atoms with van der Waals surface area (Å²) in [5.74, 6) is 1.75. The van der Waals surface area contributed by atoms with Crippen LogP contribution >= 0.6 is 11.6 Å². The van der Waals surface area contributed by atoms with E-state index in [0.29, 0.717) is 0 Å². The molecular formula is C15H22ClN. The van der Waals surface area contributed by atoms with Gasteiger partial charge in [-0.05, 0) is 42.5 Å². The molecule has 0 amide bonds. The van der Waals surface area contributed by atoms with Crippen LogP contribution in [0.15, 0.2) is 24.3 Å². The summed E-state index contributed by atoms with van der Waals surface area (Å²) in [5, 5.41) is 4.40. The van der Waals surface area contributed by atoms with Crippen molar-refractivity contribution in [2.24, 2.45) is 11.8 Å². The van der Waals surface area contributed by atoms with Crippen molar-refractivity contribution in [3.05, 3.63) is 34.9 Å². The molecule has 17 heavy (non-hydrogen) atoms. The lowest BCUT2D eigenvalue weighted by Crippen LogP contribution is -2.29. The van der Waals surface area contributed by atoms with E-state index in [9.17, 15) is 0 Å². The number of halogens is 1. The van der Waals surface area contributed by atoms with E-state index in [4.69, 9.17) is 11.6 Å². The second-order valence-electron chi connectivity index (χ2n) is 5.28. The third-order valence-corrected chi connectivity index (χ3v) is 4.15. The summed E-state index contributed by atoms with van der Waals surface area (Å²) in [5.41, 5.74) is 1.28. The molecule has 1 aliphatic carbocycles. The van der Waals surface area contributed by atoms with Crippen molar-refractivity contribution in [1.29, 1.82) is 0 Å². The van der Waals surface area contributed by atoms with Crippen molar-refractivity contribution in [2.45, 2.75) is 39.2 Å². The Morgan fingerprint density at radius 2 is 2.12 bits per heavy atom. The van der Waals surface area contributed by atoms with E-state index in [0.717, 1.165) is 29.9 Å². The third kappa shape index (κ3) is 4.01. The molecule has 0 aromatic heterocycles. The molecule has 2 atom stereocenters. The van der Waals surface area contributed by atoms with Gasteiger partial charge in [0.25, 0.3) is 0 Å². The lowest BCUT2D eigenvalue weighted by atomic mass is 9.80. The molecule has 1 aromatic carbocycles. The molecule has 0 bridgehead atoms. The van der Waals surface area contributed by atoms with Crippen LogP contribution < -0.4 is 5.32 Å². The molecule has 0 heterocycles. The van der Waals surface area contributed by atoms with Crippen molar-refractivity contribution >= 4 is 11.6 Å². The summed E-state index contributed by atoms with van der Waals surface area (Å²) in [6, 6.07) is 8.11. The van der Waals surface area contributed by atoms with Gasteiger partial charge in [-0.15, -0.1) is 0 Å². The van der Waals surface area contributed by atoms with E-state index in [2.05, 4.69) is 18.3 Å². The first kappa shape index (κ1) is 12.9. The van der Waals surface area contributed by atoms with Crippen molar-refractivity contribution in [3.63, 3.8) is 0 Å². The molecular weight excluding hydrogens is 230 g/mol. The van der Waals surface area contributed by atoms with Crippen LogP contribution in [0.5, 0.6) is 0 Å². The van der Waals surface area contributed by atoms with Gasteiger partial charge in [0.05, 0.1) is 0 Å². The molecule has 0 radical (unpaired) electrons. The fourth-order valence-corrected chi connectivity index (χ4v) is 2.96. The zero-order chi connectivity index (χ0) is 12.1. The van der Waals surface area contributed by atoms with Gasteiger partial charge in [0.1, 0.15) is 0 Å². The molecule has 2 rings (SSSR count). The smallest absolute Gasteiger partial charge is 0.0409 e. The molecule has 0 aliphatic heterocycles. The van der Waals surface area contributed by atoms with Crippen molar-refractivity contribution < 1.29 is 0 Å². The number of nitrogens with one attached hydrogen (secondary N) is 1. The Hall–Kier alpha value is -0.530. The second-order valence-corrected chi connectivity index (χ2v) is 5.72. The molecule has 0 saturated heterocycles. The largest absolute Gasteiger partial charge is 0.312 e. The quantitative estimate of drug-likeness (QED) is 0.843. The van der Waals surface area contributed by atoms with Gasteiger partial charge in [-0.2, -0.15) is 0 Å². The van der Waals surface area contributed by atoms with Crippen LogP contribution in [0, 0.1) is 11.8 Å². The SMILES string of the molecule is CC1CCCCC1CNCc1cccc(Cl)c1. The van der Waals surface area contributed by atoms with Gasteiger partial charge in [0.15, 0.2) is 0 Å². The Kier molecular flexibility index (Phi) is 4.87. The average molecular weight is 252 g/mol. The number of hydrogen-bond acceptors (Lipinski definition) is 1. The lowest BCUT2D eigenvalue weighted by molar-refractivity contribution is 0.247. The molecule has 1 fully saturated rings. The van der Waals surface area contributed by atoms with Gasteiger partial charge in [-0.1, -0.05) is 49.9 Å². The summed E-state index contributed by atoms with van der Waals surface area (Å²) in [7, 11) is 0. The van der Waals surface area contributed by atoms with E-state index in [1.54, 1.807) is 0 Å². The Balaban J connectivity index is 1.75. The minimum Gasteiger partial charge on any atom is -0.312 e. The Labute approximate surface area is 110 Å². The summed E-state index contributed by atoms with van der Waals surface area (Å²) in [6.45, 7) is 4.47. The van der Waals surface area contributed by atoms with Crippen LogP contribution in [0.25, 0.3) is 0 Å². The van der Waals surface area contributed by atoms with E-state index in [-0.39, 0.29) is 0 Å². The van der Waals surface area contributed by atoms with Crippen molar-refractivity contribution in [3.8, 4) is 0 Å². The van der Waals surface area contributed by atoms with Crippen LogP contribution in [0.4, 0.5) is 0 Å². The first-order valence-corrected chi connectivity index (χ1v) is 7.08. The van der Waals surface area contributed by atoms with Gasteiger partial charge in [-0.25, -0.2) is 0 Å². The fourth-order valence-electron chi connectivity index (χ4n) is 2.75. The molecule has 0 spiro atoms. The molecule has 1 N–H and O–H groups in total. The van der Waals surface area contributed by atoms with Crippen LogP contribution in [0.2, 0.25) is 5.02 Å². The Bertz CT molecular complexity index is 351. The van der Waals surface area contributed by atoms with E-state index < -0.39 is 0 Å². The van der Waals surface area contributed by atoms with Gasteiger partial charge < -0.3 is 5.32 Å². The van der Waals surface area contributed by atoms with Gasteiger partial charge in [0, 0.05) is 11.6 Å². The van der Waals surface area contributed by atoms with Gasteiger partial charge in [-0.3, -0.25) is 0 Å². The summed E-state index contributed by atoms with van der Waals surface area (Å²) in [4.78, 5) is 0. The van der Waals surface area contributed by atoms with Crippen LogP contribution in [0.3, 0.4) is 0 Å². The van der Waals surface area contributed by atoms with Gasteiger partial charge >= 0.3 is 0 Å². The molecule has 94 valence electrons. The van der Waals surface area contributed by atoms with Crippen molar-refractivity contribution in [2.75, 3.05) is 6.54 Å². The highest BCUT2D eigenvalue weighted by Crippen LogP contribution is 2.28. The molecule has 1 aromatic rings. The van der Waals surface area contributed by atoms with Crippen molar-refractivity contribution in [1.82, 2.24) is 5.32 Å². The normalized spacial score (nSPS) is 24.8. The summed E-state index contributed by atoms with van der Waals surface area (Å²) in [6.07, 6.45) is 5.63. The van der Waals surface area contributed by atoms with Gasteiger partial charge in [0.2, 0.25) is 0 Å². The average Bonchev–Trinajstić information content (AvgIpc) is 2.32. The molecule has 1 nitrogen and oxygen atoms in total. The molecule has 1 saturated carbocycles. The van der Waals surface area contributed by atoms with E-state index in [1.165, 1.54) is 31.2 Å². The summed E-state index contributed by atoms with van der Waals surface area (Å²) >= 11 is 5.97. The fraction of sp³-hybridized carbons (Fsp3) is 0.600. The first-order valence-electron chi connectivity index (χ1n) is 6.71. The highest BCUT2D eigenvalue weighted by molar-refractivity contribution is 6.30. The second kappa shape index (κ2) is 6.42.